The molecule has 0 unspecified atom stereocenters. The Morgan fingerprint density at radius 2 is 1.44 bits per heavy atom. The van der Waals surface area contributed by atoms with Gasteiger partial charge in [0.2, 0.25) is 0 Å². The third-order valence-corrected chi connectivity index (χ3v) is 5.54. The fourth-order valence-electron chi connectivity index (χ4n) is 2.82. The molecule has 0 N–H and O–H groups in total. The number of rotatable bonds is 4. The van der Waals surface area contributed by atoms with Gasteiger partial charge in [-0.15, -0.1) is 43.0 Å². The monoisotopic (exact) mass is 481 g/mol. The topological polar surface area (TPSA) is 23.8 Å². The molecule has 1 aliphatic carbocycles. The SMILES string of the molecule is C=C(C)C.C=C(C)C1(C)CCC1.C=C(C)CCc1ccc(C)cc1.Cc1c[c-]c(C#N)cc1.[K+]. The maximum Gasteiger partial charge on any atom is 1.00 e. The van der Waals surface area contributed by atoms with Gasteiger partial charge in [0.05, 0.1) is 0 Å². The van der Waals surface area contributed by atoms with E-state index < -0.39 is 0 Å². The van der Waals surface area contributed by atoms with Crippen molar-refractivity contribution in [3.63, 3.8) is 0 Å². The summed E-state index contributed by atoms with van der Waals surface area (Å²) in [6.07, 6.45) is 6.35. The van der Waals surface area contributed by atoms with Crippen LogP contribution in [0.15, 0.2) is 78.9 Å². The fourth-order valence-corrected chi connectivity index (χ4v) is 2.82. The summed E-state index contributed by atoms with van der Waals surface area (Å²) in [4.78, 5) is 0. The van der Waals surface area contributed by atoms with Crippen LogP contribution in [0.4, 0.5) is 0 Å². The molecule has 34 heavy (non-hydrogen) atoms. The number of benzene rings is 2. The summed E-state index contributed by atoms with van der Waals surface area (Å²) in [5.74, 6) is 0. The van der Waals surface area contributed by atoms with Gasteiger partial charge in [0, 0.05) is 0 Å². The molecule has 0 aliphatic heterocycles. The van der Waals surface area contributed by atoms with Crippen molar-refractivity contribution in [3.05, 3.63) is 107 Å². The second-order valence-corrected chi connectivity index (χ2v) is 9.74. The first-order chi connectivity index (χ1) is 15.4. The molecule has 0 atom stereocenters. The summed E-state index contributed by atoms with van der Waals surface area (Å²) in [6, 6.07) is 19.0. The summed E-state index contributed by atoms with van der Waals surface area (Å²) in [7, 11) is 0. The van der Waals surface area contributed by atoms with Crippen LogP contribution in [-0.2, 0) is 6.42 Å². The summed E-state index contributed by atoms with van der Waals surface area (Å²) in [6.45, 7) is 25.9. The molecule has 1 saturated carbocycles. The quantitative estimate of drug-likeness (QED) is 0.277. The van der Waals surface area contributed by atoms with Crippen molar-refractivity contribution >= 4 is 0 Å². The Hall–Kier alpha value is -1.21. The maximum absolute atomic E-state index is 8.35. The Kier molecular flexibility index (Phi) is 19.6. The standard InChI is InChI=1S/C12H16.C8H6N.C8H14.C4H8.K/c1-10(2)4-7-12-8-5-11(3)6-9-12;1-7-2-4-8(6-9)5-3-7;1-7(2)8(3)5-4-6-8;1-4(2)3;/h5-6,8-9H,1,4,7H2,2-3H3;2-4H,1H3;1,4-6H2,2-3H3;1H2,2-3H3;/q;-1;;;+1. The molecule has 2 heteroatoms. The van der Waals surface area contributed by atoms with E-state index in [-0.39, 0.29) is 51.4 Å². The van der Waals surface area contributed by atoms with E-state index in [0.29, 0.717) is 11.0 Å². The molecular formula is C32H44KN. The second kappa shape index (κ2) is 19.0. The molecule has 1 nitrogen and oxygen atoms in total. The van der Waals surface area contributed by atoms with Crippen molar-refractivity contribution in [2.45, 2.75) is 80.6 Å². The van der Waals surface area contributed by atoms with Crippen LogP contribution in [0.3, 0.4) is 0 Å². The molecule has 2 aromatic carbocycles. The number of hydrogen-bond donors (Lipinski definition) is 0. The minimum atomic E-state index is 0. The number of aryl methyl sites for hydroxylation is 3. The van der Waals surface area contributed by atoms with Crippen LogP contribution in [0.2, 0.25) is 0 Å². The van der Waals surface area contributed by atoms with Crippen molar-refractivity contribution in [2.24, 2.45) is 5.41 Å². The van der Waals surface area contributed by atoms with Crippen LogP contribution in [0.1, 0.15) is 82.6 Å². The molecule has 0 amide bonds. The van der Waals surface area contributed by atoms with E-state index in [0.717, 1.165) is 18.4 Å². The van der Waals surface area contributed by atoms with Crippen LogP contribution in [0, 0.1) is 36.7 Å². The van der Waals surface area contributed by atoms with Crippen LogP contribution < -0.4 is 51.4 Å². The average molecular weight is 482 g/mol. The zero-order valence-corrected chi connectivity index (χ0v) is 26.3. The first kappa shape index (κ1) is 35.0. The molecule has 0 radical (unpaired) electrons. The van der Waals surface area contributed by atoms with E-state index in [1.807, 2.05) is 32.9 Å². The van der Waals surface area contributed by atoms with Gasteiger partial charge in [-0.05, 0) is 77.3 Å². The van der Waals surface area contributed by atoms with E-state index in [2.05, 4.69) is 77.8 Å². The van der Waals surface area contributed by atoms with Gasteiger partial charge in [-0.25, -0.2) is 0 Å². The first-order valence-electron chi connectivity index (χ1n) is 11.8. The average Bonchev–Trinajstić information content (AvgIpc) is 2.72. The van der Waals surface area contributed by atoms with E-state index >= 15 is 0 Å². The molecule has 2 aromatic rings. The number of allylic oxidation sites excluding steroid dienone is 3. The van der Waals surface area contributed by atoms with Gasteiger partial charge in [0.1, 0.15) is 0 Å². The molecule has 0 spiro atoms. The molecule has 3 rings (SSSR count). The van der Waals surface area contributed by atoms with Gasteiger partial charge in [0.15, 0.2) is 0 Å². The van der Waals surface area contributed by atoms with Crippen molar-refractivity contribution in [2.75, 3.05) is 0 Å². The van der Waals surface area contributed by atoms with Gasteiger partial charge >= 0.3 is 51.4 Å². The minimum Gasteiger partial charge on any atom is -0.262 e. The Morgan fingerprint density at radius 3 is 1.74 bits per heavy atom. The summed E-state index contributed by atoms with van der Waals surface area (Å²) >= 11 is 0. The van der Waals surface area contributed by atoms with Crippen molar-refractivity contribution in [1.29, 1.82) is 5.26 Å². The minimum absolute atomic E-state index is 0. The normalized spacial score (nSPS) is 12.2. The van der Waals surface area contributed by atoms with Crippen LogP contribution in [0.25, 0.3) is 0 Å². The molecule has 0 aromatic heterocycles. The maximum atomic E-state index is 8.35. The largest absolute Gasteiger partial charge is 1.00 e. The molecule has 0 bridgehead atoms. The summed E-state index contributed by atoms with van der Waals surface area (Å²) in [5.41, 5.74) is 8.78. The Labute approximate surface area is 253 Å². The molecular weight excluding hydrogens is 437 g/mol. The second-order valence-electron chi connectivity index (χ2n) is 9.74. The Bertz CT molecular complexity index is 903. The van der Waals surface area contributed by atoms with Crippen molar-refractivity contribution < 1.29 is 51.4 Å². The zero-order valence-electron chi connectivity index (χ0n) is 23.1. The van der Waals surface area contributed by atoms with Crippen molar-refractivity contribution in [3.8, 4) is 6.07 Å². The molecule has 0 saturated heterocycles. The van der Waals surface area contributed by atoms with Crippen LogP contribution in [0.5, 0.6) is 0 Å². The predicted octanol–water partition coefficient (Wildman–Crippen LogP) is 6.51. The third-order valence-electron chi connectivity index (χ3n) is 5.54. The zero-order chi connectivity index (χ0) is 25.4. The van der Waals surface area contributed by atoms with Crippen LogP contribution in [-0.4, -0.2) is 0 Å². The van der Waals surface area contributed by atoms with Crippen molar-refractivity contribution in [1.82, 2.24) is 0 Å². The Morgan fingerprint density at radius 1 is 0.941 bits per heavy atom. The van der Waals surface area contributed by atoms with E-state index in [1.165, 1.54) is 47.1 Å². The van der Waals surface area contributed by atoms with E-state index in [9.17, 15) is 0 Å². The number of hydrogen-bond acceptors (Lipinski definition) is 1. The predicted molar refractivity (Wildman–Crippen MR) is 146 cm³/mol. The third kappa shape index (κ3) is 17.3. The molecule has 178 valence electrons. The first-order valence-corrected chi connectivity index (χ1v) is 11.8. The van der Waals surface area contributed by atoms with Gasteiger partial charge in [0.25, 0.3) is 0 Å². The number of nitriles is 1. The Balaban J connectivity index is 0. The molecule has 1 fully saturated rings. The summed E-state index contributed by atoms with van der Waals surface area (Å²) in [5, 5.41) is 8.35. The number of nitrogens with zero attached hydrogens (tertiary/aromatic N) is 1. The van der Waals surface area contributed by atoms with Gasteiger partial charge in [-0.1, -0.05) is 79.0 Å². The molecule has 1 aliphatic rings. The molecule has 0 heterocycles. The smallest absolute Gasteiger partial charge is 0.262 e. The van der Waals surface area contributed by atoms with E-state index in [4.69, 9.17) is 5.26 Å². The van der Waals surface area contributed by atoms with Gasteiger partial charge in [-0.2, -0.15) is 0 Å². The fraction of sp³-hybridized carbons (Fsp3) is 0.406. The van der Waals surface area contributed by atoms with E-state index in [1.54, 1.807) is 12.1 Å². The summed E-state index contributed by atoms with van der Waals surface area (Å²) < 4.78 is 0. The van der Waals surface area contributed by atoms with Gasteiger partial charge in [-0.3, -0.25) is 5.26 Å². The van der Waals surface area contributed by atoms with Crippen LogP contribution >= 0.6 is 0 Å². The van der Waals surface area contributed by atoms with Gasteiger partial charge < -0.3 is 0 Å².